The lowest BCUT2D eigenvalue weighted by atomic mass is 9.76. The van der Waals surface area contributed by atoms with Gasteiger partial charge in [-0.3, -0.25) is 0 Å². The summed E-state index contributed by atoms with van der Waals surface area (Å²) in [6.07, 6.45) is 6.04. The van der Waals surface area contributed by atoms with Crippen molar-refractivity contribution in [2.24, 2.45) is 11.8 Å². The summed E-state index contributed by atoms with van der Waals surface area (Å²) in [5, 5.41) is 0. The summed E-state index contributed by atoms with van der Waals surface area (Å²) in [7, 11) is -3.35. The van der Waals surface area contributed by atoms with E-state index >= 15 is 0 Å². The zero-order valence-electron chi connectivity index (χ0n) is 12.2. The Kier molecular flexibility index (Phi) is 4.57. The van der Waals surface area contributed by atoms with E-state index in [1.54, 1.807) is 28.6 Å². The van der Waals surface area contributed by atoms with E-state index in [1.807, 2.05) is 0 Å². The fraction of sp³-hybridized carbons (Fsp3) is 0.625. The van der Waals surface area contributed by atoms with Crippen LogP contribution >= 0.6 is 11.6 Å². The molecule has 1 saturated carbocycles. The van der Waals surface area contributed by atoms with Crippen LogP contribution in [0.15, 0.2) is 29.2 Å². The van der Waals surface area contributed by atoms with Crippen molar-refractivity contribution < 1.29 is 8.42 Å². The highest BCUT2D eigenvalue weighted by atomic mass is 35.5. The summed E-state index contributed by atoms with van der Waals surface area (Å²) in [5.41, 5.74) is 0.946. The summed E-state index contributed by atoms with van der Waals surface area (Å²) >= 11 is 5.76. The van der Waals surface area contributed by atoms with Crippen LogP contribution in [0.1, 0.15) is 37.7 Å². The maximum absolute atomic E-state index is 12.8. The average molecular weight is 328 g/mol. The van der Waals surface area contributed by atoms with E-state index in [1.165, 1.54) is 25.7 Å². The van der Waals surface area contributed by atoms with Gasteiger partial charge in [0.1, 0.15) is 0 Å². The molecule has 0 amide bonds. The molecule has 1 aromatic rings. The van der Waals surface area contributed by atoms with Crippen molar-refractivity contribution in [1.29, 1.82) is 0 Å². The lowest BCUT2D eigenvalue weighted by Gasteiger charge is -2.40. The Labute approximate surface area is 132 Å². The van der Waals surface area contributed by atoms with E-state index in [-0.39, 0.29) is 0 Å². The fourth-order valence-corrected chi connectivity index (χ4v) is 5.38. The first-order chi connectivity index (χ1) is 10.1. The van der Waals surface area contributed by atoms with Crippen LogP contribution in [-0.2, 0) is 15.9 Å². The van der Waals surface area contributed by atoms with E-state index in [4.69, 9.17) is 11.6 Å². The number of alkyl halides is 1. The molecule has 0 radical (unpaired) electrons. The lowest BCUT2D eigenvalue weighted by Crippen LogP contribution is -2.44. The number of piperidine rings is 1. The highest BCUT2D eigenvalue weighted by Gasteiger charge is 2.36. The number of hydrogen-bond donors (Lipinski definition) is 0. The van der Waals surface area contributed by atoms with Gasteiger partial charge in [-0.25, -0.2) is 8.42 Å². The van der Waals surface area contributed by atoms with Crippen molar-refractivity contribution in [2.45, 2.75) is 42.9 Å². The van der Waals surface area contributed by atoms with Gasteiger partial charge in [0.05, 0.1) is 4.90 Å². The molecule has 1 saturated heterocycles. The van der Waals surface area contributed by atoms with Gasteiger partial charge in [0.15, 0.2) is 0 Å². The minimum absolute atomic E-state index is 0.394. The molecule has 1 heterocycles. The topological polar surface area (TPSA) is 37.4 Å². The second-order valence-corrected chi connectivity index (χ2v) is 8.44. The molecule has 116 valence electrons. The molecule has 1 aliphatic heterocycles. The Hall–Kier alpha value is -0.580. The van der Waals surface area contributed by atoms with Crippen LogP contribution in [-0.4, -0.2) is 25.8 Å². The molecule has 1 aromatic carbocycles. The van der Waals surface area contributed by atoms with Crippen LogP contribution in [0.5, 0.6) is 0 Å². The Bertz CT molecular complexity index is 585. The average Bonchev–Trinajstić information content (AvgIpc) is 2.54. The number of rotatable bonds is 3. The SMILES string of the molecule is O=S(=O)(c1ccc(CCl)cc1)N1CCC2CCCCC2C1. The highest BCUT2D eigenvalue weighted by Crippen LogP contribution is 2.37. The van der Waals surface area contributed by atoms with E-state index in [0.29, 0.717) is 29.8 Å². The molecule has 2 aliphatic rings. The summed E-state index contributed by atoms with van der Waals surface area (Å²) in [4.78, 5) is 0.394. The minimum atomic E-state index is -3.35. The van der Waals surface area contributed by atoms with Crippen LogP contribution in [0.3, 0.4) is 0 Å². The molecule has 2 unspecified atom stereocenters. The molecule has 2 atom stereocenters. The Morgan fingerprint density at radius 3 is 2.38 bits per heavy atom. The van der Waals surface area contributed by atoms with Crippen LogP contribution in [0.4, 0.5) is 0 Å². The third kappa shape index (κ3) is 3.13. The predicted octanol–water partition coefficient (Wildman–Crippen LogP) is 3.63. The molecule has 5 heteroatoms. The van der Waals surface area contributed by atoms with Gasteiger partial charge in [0.2, 0.25) is 10.0 Å². The number of fused-ring (bicyclic) bond motifs is 1. The summed E-state index contributed by atoms with van der Waals surface area (Å²) in [6, 6.07) is 6.96. The Morgan fingerprint density at radius 2 is 1.71 bits per heavy atom. The fourth-order valence-electron chi connectivity index (χ4n) is 3.69. The van der Waals surface area contributed by atoms with Gasteiger partial charge in [-0.2, -0.15) is 4.31 Å². The van der Waals surface area contributed by atoms with E-state index in [0.717, 1.165) is 17.9 Å². The van der Waals surface area contributed by atoms with Gasteiger partial charge in [0.25, 0.3) is 0 Å². The van der Waals surface area contributed by atoms with Crippen LogP contribution in [0, 0.1) is 11.8 Å². The second kappa shape index (κ2) is 6.27. The maximum atomic E-state index is 12.8. The normalized spacial score (nSPS) is 27.3. The molecule has 2 fully saturated rings. The smallest absolute Gasteiger partial charge is 0.207 e. The van der Waals surface area contributed by atoms with Crippen molar-refractivity contribution in [3.63, 3.8) is 0 Å². The van der Waals surface area contributed by atoms with Gasteiger partial charge in [-0.05, 0) is 42.4 Å². The molecular formula is C16H22ClNO2S. The van der Waals surface area contributed by atoms with Crippen molar-refractivity contribution in [1.82, 2.24) is 4.31 Å². The zero-order chi connectivity index (χ0) is 14.9. The first-order valence-corrected chi connectivity index (χ1v) is 9.74. The van der Waals surface area contributed by atoms with E-state index < -0.39 is 10.0 Å². The molecule has 0 bridgehead atoms. The van der Waals surface area contributed by atoms with Gasteiger partial charge in [-0.1, -0.05) is 31.4 Å². The molecule has 3 rings (SSSR count). The van der Waals surface area contributed by atoms with Crippen LogP contribution < -0.4 is 0 Å². The standard InChI is InChI=1S/C16H22ClNO2S/c17-11-13-5-7-16(8-6-13)21(19,20)18-10-9-14-3-1-2-4-15(14)12-18/h5-8,14-15H,1-4,9-12H2. The maximum Gasteiger partial charge on any atom is 0.243 e. The molecule has 0 spiro atoms. The number of hydrogen-bond acceptors (Lipinski definition) is 2. The Morgan fingerprint density at radius 1 is 1.05 bits per heavy atom. The molecule has 21 heavy (non-hydrogen) atoms. The van der Waals surface area contributed by atoms with Crippen molar-refractivity contribution in [3.8, 4) is 0 Å². The summed E-state index contributed by atoms with van der Waals surface area (Å²) < 4.78 is 27.2. The first-order valence-electron chi connectivity index (χ1n) is 7.76. The highest BCUT2D eigenvalue weighted by molar-refractivity contribution is 7.89. The molecular weight excluding hydrogens is 306 g/mol. The van der Waals surface area contributed by atoms with E-state index in [2.05, 4.69) is 0 Å². The molecule has 3 nitrogen and oxygen atoms in total. The van der Waals surface area contributed by atoms with Gasteiger partial charge >= 0.3 is 0 Å². The molecule has 0 N–H and O–H groups in total. The first kappa shape index (κ1) is 15.3. The Balaban J connectivity index is 1.78. The van der Waals surface area contributed by atoms with Gasteiger partial charge in [-0.15, -0.1) is 11.6 Å². The lowest BCUT2D eigenvalue weighted by molar-refractivity contribution is 0.136. The van der Waals surface area contributed by atoms with Crippen molar-refractivity contribution in [2.75, 3.05) is 13.1 Å². The van der Waals surface area contributed by atoms with E-state index in [9.17, 15) is 8.42 Å². The number of nitrogens with zero attached hydrogens (tertiary/aromatic N) is 1. The molecule has 0 aromatic heterocycles. The van der Waals surface area contributed by atoms with Gasteiger partial charge < -0.3 is 0 Å². The largest absolute Gasteiger partial charge is 0.243 e. The van der Waals surface area contributed by atoms with Crippen LogP contribution in [0.2, 0.25) is 0 Å². The summed E-state index contributed by atoms with van der Waals surface area (Å²) in [6.45, 7) is 1.37. The third-order valence-electron chi connectivity index (χ3n) is 4.97. The van der Waals surface area contributed by atoms with Crippen molar-refractivity contribution >= 4 is 21.6 Å². The number of halogens is 1. The number of benzene rings is 1. The number of sulfonamides is 1. The predicted molar refractivity (Wildman–Crippen MR) is 84.8 cm³/mol. The van der Waals surface area contributed by atoms with Crippen molar-refractivity contribution in [3.05, 3.63) is 29.8 Å². The third-order valence-corrected chi connectivity index (χ3v) is 7.16. The van der Waals surface area contributed by atoms with Gasteiger partial charge in [0, 0.05) is 19.0 Å². The molecule has 1 aliphatic carbocycles. The monoisotopic (exact) mass is 327 g/mol. The zero-order valence-corrected chi connectivity index (χ0v) is 13.7. The minimum Gasteiger partial charge on any atom is -0.207 e. The van der Waals surface area contributed by atoms with Crippen LogP contribution in [0.25, 0.3) is 0 Å². The summed E-state index contributed by atoms with van der Waals surface area (Å²) in [5.74, 6) is 1.71. The second-order valence-electron chi connectivity index (χ2n) is 6.23. The quantitative estimate of drug-likeness (QED) is 0.795.